The maximum Gasteiger partial charge on any atom is 0.238 e. The quantitative estimate of drug-likeness (QED) is 0.675. The standard InChI is InChI=1S/C16H23N3O3/c1-3-4-8-19(10-15(17)21)11-16(22)18-14-7-5-6-13(9-14)12(2)20/h5-7,9H,3-4,8,10-11H2,1-2H3,(H2,17,21)(H,18,22). The van der Waals surface area contributed by atoms with Gasteiger partial charge in [-0.3, -0.25) is 19.3 Å². The first kappa shape index (κ1) is 17.8. The molecular formula is C16H23N3O3. The fourth-order valence-electron chi connectivity index (χ4n) is 2.04. The summed E-state index contributed by atoms with van der Waals surface area (Å²) in [6.07, 6.45) is 1.86. The molecule has 0 saturated heterocycles. The van der Waals surface area contributed by atoms with Gasteiger partial charge in [0.1, 0.15) is 0 Å². The number of nitrogens with one attached hydrogen (secondary N) is 1. The van der Waals surface area contributed by atoms with Crippen molar-refractivity contribution in [3.8, 4) is 0 Å². The largest absolute Gasteiger partial charge is 0.369 e. The zero-order valence-electron chi connectivity index (χ0n) is 13.1. The van der Waals surface area contributed by atoms with Gasteiger partial charge in [0.25, 0.3) is 0 Å². The molecule has 0 radical (unpaired) electrons. The lowest BCUT2D eigenvalue weighted by atomic mass is 10.1. The van der Waals surface area contributed by atoms with Gasteiger partial charge in [0.15, 0.2) is 5.78 Å². The molecule has 0 unspecified atom stereocenters. The highest BCUT2D eigenvalue weighted by molar-refractivity contribution is 5.97. The van der Waals surface area contributed by atoms with Crippen LogP contribution in [0.1, 0.15) is 37.0 Å². The van der Waals surface area contributed by atoms with Crippen LogP contribution >= 0.6 is 0 Å². The van der Waals surface area contributed by atoms with Crippen molar-refractivity contribution in [2.75, 3.05) is 25.0 Å². The molecule has 120 valence electrons. The average molecular weight is 305 g/mol. The van der Waals surface area contributed by atoms with Crippen LogP contribution in [0.15, 0.2) is 24.3 Å². The predicted octanol–water partition coefficient (Wildman–Crippen LogP) is 1.42. The average Bonchev–Trinajstić information content (AvgIpc) is 2.44. The molecule has 22 heavy (non-hydrogen) atoms. The number of Topliss-reactive ketones (excluding diaryl/α,β-unsaturated/α-hetero) is 1. The second-order valence-corrected chi connectivity index (χ2v) is 5.22. The van der Waals surface area contributed by atoms with E-state index >= 15 is 0 Å². The number of benzene rings is 1. The third-order valence-electron chi connectivity index (χ3n) is 3.13. The summed E-state index contributed by atoms with van der Waals surface area (Å²) in [5.74, 6) is -0.755. The van der Waals surface area contributed by atoms with Gasteiger partial charge in [-0.2, -0.15) is 0 Å². The second kappa shape index (κ2) is 8.94. The SMILES string of the molecule is CCCCN(CC(N)=O)CC(=O)Nc1cccc(C(C)=O)c1. The Morgan fingerprint density at radius 1 is 1.23 bits per heavy atom. The van der Waals surface area contributed by atoms with E-state index in [1.807, 2.05) is 6.92 Å². The number of nitrogens with zero attached hydrogens (tertiary/aromatic N) is 1. The van der Waals surface area contributed by atoms with Gasteiger partial charge in [0.2, 0.25) is 11.8 Å². The Hall–Kier alpha value is -2.21. The molecule has 2 amide bonds. The zero-order chi connectivity index (χ0) is 16.5. The van der Waals surface area contributed by atoms with E-state index in [2.05, 4.69) is 5.32 Å². The molecule has 0 heterocycles. The van der Waals surface area contributed by atoms with E-state index in [1.165, 1.54) is 6.92 Å². The van der Waals surface area contributed by atoms with Crippen LogP contribution in [0.25, 0.3) is 0 Å². The molecule has 1 aromatic rings. The fourth-order valence-corrected chi connectivity index (χ4v) is 2.04. The van der Waals surface area contributed by atoms with Crippen molar-refractivity contribution in [2.45, 2.75) is 26.7 Å². The van der Waals surface area contributed by atoms with Gasteiger partial charge in [-0.15, -0.1) is 0 Å². The molecule has 1 rings (SSSR count). The molecule has 0 atom stereocenters. The van der Waals surface area contributed by atoms with Crippen molar-refractivity contribution >= 4 is 23.3 Å². The summed E-state index contributed by atoms with van der Waals surface area (Å²) in [4.78, 5) is 36.1. The molecule has 0 aliphatic carbocycles. The van der Waals surface area contributed by atoms with Gasteiger partial charge < -0.3 is 11.1 Å². The van der Waals surface area contributed by atoms with Gasteiger partial charge >= 0.3 is 0 Å². The Kier molecular flexibility index (Phi) is 7.25. The van der Waals surface area contributed by atoms with Gasteiger partial charge in [-0.1, -0.05) is 25.5 Å². The van der Waals surface area contributed by atoms with Crippen molar-refractivity contribution in [1.82, 2.24) is 4.90 Å². The van der Waals surface area contributed by atoms with Gasteiger partial charge in [-0.25, -0.2) is 0 Å². The summed E-state index contributed by atoms with van der Waals surface area (Å²) >= 11 is 0. The minimum Gasteiger partial charge on any atom is -0.369 e. The van der Waals surface area contributed by atoms with Crippen LogP contribution in [-0.2, 0) is 9.59 Å². The number of carbonyl (C=O) groups is 3. The van der Waals surface area contributed by atoms with Crippen LogP contribution in [0.3, 0.4) is 0 Å². The highest BCUT2D eigenvalue weighted by atomic mass is 16.2. The molecule has 0 fully saturated rings. The Morgan fingerprint density at radius 2 is 1.95 bits per heavy atom. The number of hydrogen-bond acceptors (Lipinski definition) is 4. The molecule has 0 saturated carbocycles. The number of rotatable bonds is 9. The normalized spacial score (nSPS) is 10.5. The van der Waals surface area contributed by atoms with Crippen molar-refractivity contribution in [3.63, 3.8) is 0 Å². The second-order valence-electron chi connectivity index (χ2n) is 5.22. The predicted molar refractivity (Wildman–Crippen MR) is 85.6 cm³/mol. The first-order valence-electron chi connectivity index (χ1n) is 7.34. The minimum absolute atomic E-state index is 0.0565. The third-order valence-corrected chi connectivity index (χ3v) is 3.13. The maximum absolute atomic E-state index is 12.1. The number of carbonyl (C=O) groups excluding carboxylic acids is 3. The molecule has 0 aliphatic rings. The highest BCUT2D eigenvalue weighted by Gasteiger charge is 2.13. The van der Waals surface area contributed by atoms with Crippen LogP contribution in [-0.4, -0.2) is 42.1 Å². The van der Waals surface area contributed by atoms with E-state index in [1.54, 1.807) is 29.2 Å². The molecule has 0 spiro atoms. The number of ketones is 1. The van der Waals surface area contributed by atoms with Crippen molar-refractivity contribution in [2.24, 2.45) is 5.73 Å². The lowest BCUT2D eigenvalue weighted by Gasteiger charge is -2.19. The van der Waals surface area contributed by atoms with Crippen LogP contribution in [0.5, 0.6) is 0 Å². The van der Waals surface area contributed by atoms with Crippen LogP contribution in [0.4, 0.5) is 5.69 Å². The lowest BCUT2D eigenvalue weighted by Crippen LogP contribution is -2.39. The third kappa shape index (κ3) is 6.49. The highest BCUT2D eigenvalue weighted by Crippen LogP contribution is 2.11. The summed E-state index contributed by atoms with van der Waals surface area (Å²) in [6.45, 7) is 4.30. The number of primary amides is 1. The first-order valence-corrected chi connectivity index (χ1v) is 7.34. The minimum atomic E-state index is -0.456. The molecule has 1 aromatic carbocycles. The maximum atomic E-state index is 12.1. The van der Waals surface area contributed by atoms with Gasteiger partial charge in [0.05, 0.1) is 13.1 Å². The van der Waals surface area contributed by atoms with Gasteiger partial charge in [0, 0.05) is 11.3 Å². The van der Waals surface area contributed by atoms with Crippen LogP contribution in [0.2, 0.25) is 0 Å². The summed E-state index contributed by atoms with van der Waals surface area (Å²) in [6, 6.07) is 6.75. The van der Waals surface area contributed by atoms with Crippen LogP contribution < -0.4 is 11.1 Å². The molecule has 6 heteroatoms. The van der Waals surface area contributed by atoms with E-state index < -0.39 is 5.91 Å². The molecule has 6 nitrogen and oxygen atoms in total. The smallest absolute Gasteiger partial charge is 0.238 e. The van der Waals surface area contributed by atoms with Crippen molar-refractivity contribution in [3.05, 3.63) is 29.8 Å². The summed E-state index contributed by atoms with van der Waals surface area (Å²) in [5, 5.41) is 2.73. The topological polar surface area (TPSA) is 92.5 Å². The Balaban J connectivity index is 2.64. The summed E-state index contributed by atoms with van der Waals surface area (Å²) in [7, 11) is 0. The Bertz CT molecular complexity index is 543. The number of unbranched alkanes of at least 4 members (excludes halogenated alkanes) is 1. The van der Waals surface area contributed by atoms with E-state index in [9.17, 15) is 14.4 Å². The number of anilines is 1. The fraction of sp³-hybridized carbons (Fsp3) is 0.438. The number of nitrogens with two attached hydrogens (primary N) is 1. The number of hydrogen-bond donors (Lipinski definition) is 2. The van der Waals surface area contributed by atoms with Crippen LogP contribution in [0, 0.1) is 0 Å². The van der Waals surface area contributed by atoms with Gasteiger partial charge in [-0.05, 0) is 32.0 Å². The monoisotopic (exact) mass is 305 g/mol. The van der Waals surface area contributed by atoms with E-state index in [4.69, 9.17) is 5.73 Å². The van der Waals surface area contributed by atoms with E-state index in [-0.39, 0.29) is 24.8 Å². The Labute approximate surface area is 130 Å². The molecule has 0 bridgehead atoms. The van der Waals surface area contributed by atoms with E-state index in [0.717, 1.165) is 12.8 Å². The Morgan fingerprint density at radius 3 is 2.55 bits per heavy atom. The molecular weight excluding hydrogens is 282 g/mol. The molecule has 3 N–H and O–H groups in total. The first-order chi connectivity index (χ1) is 10.4. The number of amides is 2. The van der Waals surface area contributed by atoms with E-state index in [0.29, 0.717) is 17.8 Å². The van der Waals surface area contributed by atoms with Crippen molar-refractivity contribution < 1.29 is 14.4 Å². The summed E-state index contributed by atoms with van der Waals surface area (Å²) < 4.78 is 0. The molecule has 0 aromatic heterocycles. The lowest BCUT2D eigenvalue weighted by molar-refractivity contribution is -0.121. The molecule has 0 aliphatic heterocycles. The van der Waals surface area contributed by atoms with Crippen molar-refractivity contribution in [1.29, 1.82) is 0 Å². The summed E-state index contributed by atoms with van der Waals surface area (Å²) in [5.41, 5.74) is 6.30. The zero-order valence-corrected chi connectivity index (χ0v) is 13.1.